The van der Waals surface area contributed by atoms with Crippen LogP contribution in [0.3, 0.4) is 0 Å². The molecule has 2 amide bonds. The Morgan fingerprint density at radius 3 is 2.71 bits per heavy atom. The largest absolute Gasteiger partial charge is 0.480 e. The van der Waals surface area contributed by atoms with E-state index in [0.29, 0.717) is 18.7 Å². The number of ether oxygens (including phenoxy) is 1. The molecule has 7 nitrogen and oxygen atoms in total. The molecule has 0 saturated heterocycles. The number of esters is 1. The third-order valence-corrected chi connectivity index (χ3v) is 2.51. The average Bonchev–Trinajstić information content (AvgIpc) is 2.44. The van der Waals surface area contributed by atoms with Crippen molar-refractivity contribution in [3.05, 3.63) is 29.8 Å². The molecule has 114 valence electrons. The smallest absolute Gasteiger partial charge is 0.323 e. The van der Waals surface area contributed by atoms with Gasteiger partial charge in [-0.2, -0.15) is 0 Å². The molecule has 7 heteroatoms. The lowest BCUT2D eigenvalue weighted by molar-refractivity contribution is -0.143. The summed E-state index contributed by atoms with van der Waals surface area (Å²) in [5.74, 6) is -1.39. The van der Waals surface area contributed by atoms with Gasteiger partial charge in [-0.3, -0.25) is 9.59 Å². The molecule has 0 saturated carbocycles. The van der Waals surface area contributed by atoms with Gasteiger partial charge in [0, 0.05) is 12.1 Å². The van der Waals surface area contributed by atoms with Gasteiger partial charge < -0.3 is 20.5 Å². The lowest BCUT2D eigenvalue weighted by Crippen LogP contribution is -2.33. The van der Waals surface area contributed by atoms with Crippen molar-refractivity contribution in [1.82, 2.24) is 5.32 Å². The van der Waals surface area contributed by atoms with Gasteiger partial charge in [0.1, 0.15) is 6.54 Å². The molecule has 0 bridgehead atoms. The Kier molecular flexibility index (Phi) is 6.73. The predicted molar refractivity (Wildman–Crippen MR) is 76.1 cm³/mol. The second kappa shape index (κ2) is 8.57. The number of carboxylic acid groups (broad SMARTS) is 1. The molecule has 0 aliphatic carbocycles. The minimum atomic E-state index is -1.12. The number of aliphatic carboxylic acids is 1. The number of benzene rings is 1. The van der Waals surface area contributed by atoms with Crippen molar-refractivity contribution < 1.29 is 24.2 Å². The van der Waals surface area contributed by atoms with Gasteiger partial charge in [-0.05, 0) is 31.0 Å². The van der Waals surface area contributed by atoms with Crippen LogP contribution in [0.1, 0.15) is 18.9 Å². The van der Waals surface area contributed by atoms with E-state index in [-0.39, 0.29) is 12.4 Å². The molecule has 1 rings (SSSR count). The van der Waals surface area contributed by atoms with E-state index in [1.807, 2.05) is 6.07 Å². The van der Waals surface area contributed by atoms with Crippen molar-refractivity contribution in [3.63, 3.8) is 0 Å². The summed E-state index contributed by atoms with van der Waals surface area (Å²) in [6, 6.07) is 6.38. The molecule has 21 heavy (non-hydrogen) atoms. The predicted octanol–water partition coefficient (Wildman–Crippen LogP) is 1.39. The van der Waals surface area contributed by atoms with Gasteiger partial charge in [0.25, 0.3) is 0 Å². The lowest BCUT2D eigenvalue weighted by atomic mass is 10.1. The first-order valence-electron chi connectivity index (χ1n) is 6.52. The lowest BCUT2D eigenvalue weighted by Gasteiger charge is -2.08. The number of rotatable bonds is 7. The first-order chi connectivity index (χ1) is 10.0. The Labute approximate surface area is 122 Å². The fourth-order valence-corrected chi connectivity index (χ4v) is 1.62. The van der Waals surface area contributed by atoms with Crippen LogP contribution in [0.25, 0.3) is 0 Å². The molecular weight excluding hydrogens is 276 g/mol. The fraction of sp³-hybridized carbons (Fsp3) is 0.357. The first kappa shape index (κ1) is 16.5. The number of carboxylic acids is 1. The second-order valence-electron chi connectivity index (χ2n) is 4.21. The van der Waals surface area contributed by atoms with Crippen LogP contribution >= 0.6 is 0 Å². The molecule has 1 aromatic rings. The third kappa shape index (κ3) is 6.95. The van der Waals surface area contributed by atoms with E-state index < -0.39 is 18.5 Å². The number of carbonyl (C=O) groups excluding carboxylic acids is 2. The van der Waals surface area contributed by atoms with Crippen molar-refractivity contribution in [1.29, 1.82) is 0 Å². The zero-order valence-corrected chi connectivity index (χ0v) is 11.7. The van der Waals surface area contributed by atoms with Gasteiger partial charge in [0.2, 0.25) is 0 Å². The van der Waals surface area contributed by atoms with E-state index in [2.05, 4.69) is 10.6 Å². The molecule has 0 fully saturated rings. The van der Waals surface area contributed by atoms with Crippen LogP contribution < -0.4 is 10.6 Å². The van der Waals surface area contributed by atoms with Crippen LogP contribution in [0.15, 0.2) is 24.3 Å². The van der Waals surface area contributed by atoms with Crippen molar-refractivity contribution in [2.45, 2.75) is 19.8 Å². The standard InChI is InChI=1S/C14H18N2O5/c1-2-21-13(19)7-6-10-4-3-5-11(8-10)16-14(20)15-9-12(17)18/h3-5,8H,2,6-7,9H2,1H3,(H,17,18)(H2,15,16,20). The number of hydrogen-bond acceptors (Lipinski definition) is 4. The summed E-state index contributed by atoms with van der Waals surface area (Å²) in [5.41, 5.74) is 1.40. The van der Waals surface area contributed by atoms with Gasteiger partial charge in [-0.1, -0.05) is 12.1 Å². The number of aryl methyl sites for hydroxylation is 1. The molecule has 0 aromatic heterocycles. The monoisotopic (exact) mass is 294 g/mol. The number of nitrogens with one attached hydrogen (secondary N) is 2. The normalized spacial score (nSPS) is 9.76. The molecule has 0 heterocycles. The molecule has 0 radical (unpaired) electrons. The first-order valence-corrected chi connectivity index (χ1v) is 6.52. The highest BCUT2D eigenvalue weighted by Crippen LogP contribution is 2.12. The highest BCUT2D eigenvalue weighted by atomic mass is 16.5. The van der Waals surface area contributed by atoms with E-state index in [0.717, 1.165) is 5.56 Å². The second-order valence-corrected chi connectivity index (χ2v) is 4.21. The quantitative estimate of drug-likeness (QED) is 0.659. The summed E-state index contributed by atoms with van der Waals surface area (Å²) >= 11 is 0. The molecule has 3 N–H and O–H groups in total. The summed E-state index contributed by atoms with van der Waals surface area (Å²) < 4.78 is 4.84. The third-order valence-electron chi connectivity index (χ3n) is 2.51. The van der Waals surface area contributed by atoms with Crippen LogP contribution in [0.2, 0.25) is 0 Å². The maximum Gasteiger partial charge on any atom is 0.323 e. The van der Waals surface area contributed by atoms with Crippen molar-refractivity contribution >= 4 is 23.7 Å². The highest BCUT2D eigenvalue weighted by Gasteiger charge is 2.06. The zero-order chi connectivity index (χ0) is 15.7. The van der Waals surface area contributed by atoms with E-state index in [4.69, 9.17) is 9.84 Å². The molecule has 0 unspecified atom stereocenters. The van der Waals surface area contributed by atoms with Crippen LogP contribution in [-0.4, -0.2) is 36.2 Å². The van der Waals surface area contributed by atoms with E-state index in [1.54, 1.807) is 25.1 Å². The van der Waals surface area contributed by atoms with E-state index >= 15 is 0 Å². The zero-order valence-electron chi connectivity index (χ0n) is 11.7. The Bertz CT molecular complexity index is 516. The number of anilines is 1. The van der Waals surface area contributed by atoms with Gasteiger partial charge in [0.05, 0.1) is 6.61 Å². The highest BCUT2D eigenvalue weighted by molar-refractivity contribution is 5.91. The SMILES string of the molecule is CCOC(=O)CCc1cccc(NC(=O)NCC(=O)O)c1. The number of amides is 2. The average molecular weight is 294 g/mol. The Morgan fingerprint density at radius 2 is 2.05 bits per heavy atom. The summed E-state index contributed by atoms with van der Waals surface area (Å²) in [4.78, 5) is 33.0. The maximum atomic E-state index is 11.4. The van der Waals surface area contributed by atoms with Crippen molar-refractivity contribution in [2.75, 3.05) is 18.5 Å². The summed E-state index contributed by atoms with van der Waals surface area (Å²) in [7, 11) is 0. The fourth-order valence-electron chi connectivity index (χ4n) is 1.62. The summed E-state index contributed by atoms with van der Waals surface area (Å²) in [6.07, 6.45) is 0.771. The summed E-state index contributed by atoms with van der Waals surface area (Å²) in [6.45, 7) is 1.65. The topological polar surface area (TPSA) is 105 Å². The molecule has 0 spiro atoms. The molecule has 1 aromatic carbocycles. The van der Waals surface area contributed by atoms with Gasteiger partial charge in [-0.25, -0.2) is 4.79 Å². The number of carbonyl (C=O) groups is 3. The van der Waals surface area contributed by atoms with Crippen molar-refractivity contribution in [2.24, 2.45) is 0 Å². The van der Waals surface area contributed by atoms with Gasteiger partial charge in [0.15, 0.2) is 0 Å². The van der Waals surface area contributed by atoms with Crippen LogP contribution in [0.4, 0.5) is 10.5 Å². The van der Waals surface area contributed by atoms with Crippen LogP contribution in [0, 0.1) is 0 Å². The molecule has 0 aliphatic rings. The summed E-state index contributed by atoms with van der Waals surface area (Å²) in [5, 5.41) is 13.2. The number of urea groups is 1. The van der Waals surface area contributed by atoms with Gasteiger partial charge in [-0.15, -0.1) is 0 Å². The van der Waals surface area contributed by atoms with E-state index in [9.17, 15) is 14.4 Å². The van der Waals surface area contributed by atoms with E-state index in [1.165, 1.54) is 0 Å². The Hall–Kier alpha value is -2.57. The minimum absolute atomic E-state index is 0.266. The number of hydrogen-bond donors (Lipinski definition) is 3. The minimum Gasteiger partial charge on any atom is -0.480 e. The Balaban J connectivity index is 2.50. The van der Waals surface area contributed by atoms with Crippen molar-refractivity contribution in [3.8, 4) is 0 Å². The van der Waals surface area contributed by atoms with Gasteiger partial charge >= 0.3 is 18.0 Å². The molecular formula is C14H18N2O5. The molecule has 0 aliphatic heterocycles. The Morgan fingerprint density at radius 1 is 1.29 bits per heavy atom. The molecule has 0 atom stereocenters. The van der Waals surface area contributed by atoms with Crippen LogP contribution in [-0.2, 0) is 20.7 Å². The van der Waals surface area contributed by atoms with Crippen LogP contribution in [0.5, 0.6) is 0 Å². The maximum absolute atomic E-state index is 11.4.